The molecule has 0 radical (unpaired) electrons. The van der Waals surface area contributed by atoms with E-state index in [2.05, 4.69) is 5.32 Å². The summed E-state index contributed by atoms with van der Waals surface area (Å²) in [4.78, 5) is 37.2. The van der Waals surface area contributed by atoms with Crippen LogP contribution in [0.15, 0.2) is 0 Å². The van der Waals surface area contributed by atoms with Crippen molar-refractivity contribution in [2.45, 2.75) is 39.3 Å². The molecule has 2 unspecified atom stereocenters. The third-order valence-corrected chi connectivity index (χ3v) is 4.15. The average molecular weight is 332 g/mol. The molecular weight excluding hydrogens is 308 g/mol. The number of hydrogen-bond donors (Lipinski definition) is 2. The third-order valence-electron chi connectivity index (χ3n) is 3.13. The molecule has 7 nitrogen and oxygen atoms in total. The van der Waals surface area contributed by atoms with Gasteiger partial charge in [-0.3, -0.25) is 9.59 Å². The zero-order valence-electron chi connectivity index (χ0n) is 13.4. The molecule has 0 aromatic rings. The maximum Gasteiger partial charge on any atom is 0.328 e. The highest BCUT2D eigenvalue weighted by atomic mass is 32.2. The van der Waals surface area contributed by atoms with Crippen LogP contribution in [0.2, 0.25) is 0 Å². The number of carboxylic acid groups (broad SMARTS) is 1. The van der Waals surface area contributed by atoms with Gasteiger partial charge in [0.1, 0.15) is 6.04 Å². The van der Waals surface area contributed by atoms with Gasteiger partial charge in [-0.1, -0.05) is 20.8 Å². The summed E-state index contributed by atoms with van der Waals surface area (Å²) < 4.78 is 4.79. The van der Waals surface area contributed by atoms with Gasteiger partial charge in [-0.2, -0.15) is 0 Å². The van der Waals surface area contributed by atoms with Crippen molar-refractivity contribution < 1.29 is 24.2 Å². The van der Waals surface area contributed by atoms with Crippen LogP contribution in [0.3, 0.4) is 0 Å². The fraction of sp³-hybridized carbons (Fsp3) is 0.786. The Morgan fingerprint density at radius 1 is 1.41 bits per heavy atom. The molecule has 0 aliphatic carbocycles. The molecule has 0 saturated carbocycles. The highest BCUT2D eigenvalue weighted by Gasteiger charge is 2.37. The van der Waals surface area contributed by atoms with Gasteiger partial charge in [-0.05, 0) is 5.41 Å². The van der Waals surface area contributed by atoms with Crippen LogP contribution in [-0.4, -0.2) is 65.2 Å². The summed E-state index contributed by atoms with van der Waals surface area (Å²) in [6.07, 6.45) is 0.345. The maximum atomic E-state index is 12.3. The normalized spacial score (nSPS) is 19.8. The number of rotatable bonds is 6. The number of carbonyl (C=O) groups is 3. The van der Waals surface area contributed by atoms with Crippen LogP contribution in [0, 0.1) is 5.41 Å². The Balaban J connectivity index is 2.71. The fourth-order valence-electron chi connectivity index (χ4n) is 2.07. The molecule has 2 atom stereocenters. The number of nitrogens with zero attached hydrogens (tertiary/aromatic N) is 1. The number of nitrogens with one attached hydrogen (secondary N) is 1. The minimum atomic E-state index is -1.16. The summed E-state index contributed by atoms with van der Waals surface area (Å²) in [7, 11) is 1.37. The maximum absolute atomic E-state index is 12.3. The first kappa shape index (κ1) is 18.8. The number of thioether (sulfide) groups is 1. The predicted molar refractivity (Wildman–Crippen MR) is 83.5 cm³/mol. The number of ether oxygens (including phenoxy) is 1. The molecule has 0 aromatic heterocycles. The third kappa shape index (κ3) is 5.49. The zero-order valence-corrected chi connectivity index (χ0v) is 14.2. The Hall–Kier alpha value is -1.28. The summed E-state index contributed by atoms with van der Waals surface area (Å²) in [6.45, 7) is 5.77. The predicted octanol–water partition coefficient (Wildman–Crippen LogP) is 0.540. The van der Waals surface area contributed by atoms with E-state index in [9.17, 15) is 14.4 Å². The van der Waals surface area contributed by atoms with Gasteiger partial charge in [0.05, 0.1) is 12.5 Å². The van der Waals surface area contributed by atoms with E-state index in [0.29, 0.717) is 18.1 Å². The summed E-state index contributed by atoms with van der Waals surface area (Å²) >= 11 is 1.49. The van der Waals surface area contributed by atoms with Crippen molar-refractivity contribution in [2.24, 2.45) is 5.41 Å². The number of carboxylic acids is 1. The molecule has 0 aromatic carbocycles. The van der Waals surface area contributed by atoms with E-state index in [-0.39, 0.29) is 17.9 Å². The van der Waals surface area contributed by atoms with E-state index >= 15 is 0 Å². The molecule has 1 aliphatic heterocycles. The topological polar surface area (TPSA) is 95.9 Å². The van der Waals surface area contributed by atoms with Crippen LogP contribution in [0.4, 0.5) is 0 Å². The lowest BCUT2D eigenvalue weighted by Crippen LogP contribution is -2.53. The van der Waals surface area contributed by atoms with Crippen molar-refractivity contribution >= 4 is 29.5 Å². The van der Waals surface area contributed by atoms with E-state index in [4.69, 9.17) is 9.84 Å². The van der Waals surface area contributed by atoms with Crippen molar-refractivity contribution in [3.63, 3.8) is 0 Å². The lowest BCUT2D eigenvalue weighted by molar-refractivity contribution is -0.145. The van der Waals surface area contributed by atoms with E-state index in [1.807, 2.05) is 20.8 Å². The van der Waals surface area contributed by atoms with Crippen LogP contribution in [-0.2, 0) is 19.1 Å². The van der Waals surface area contributed by atoms with E-state index < -0.39 is 24.0 Å². The van der Waals surface area contributed by atoms with Gasteiger partial charge in [-0.15, -0.1) is 11.8 Å². The molecule has 8 heteroatoms. The quantitative estimate of drug-likeness (QED) is 0.737. The van der Waals surface area contributed by atoms with Crippen molar-refractivity contribution in [2.75, 3.05) is 25.3 Å². The molecule has 1 saturated heterocycles. The fourth-order valence-corrected chi connectivity index (χ4v) is 3.25. The number of amides is 2. The van der Waals surface area contributed by atoms with Gasteiger partial charge in [0.15, 0.2) is 6.04 Å². The Kier molecular flexibility index (Phi) is 6.67. The SMILES string of the molecule is COCC(NC(=O)C1CSCN1C(=O)CC(C)(C)C)C(=O)O. The number of carbonyl (C=O) groups excluding carboxylic acids is 2. The molecule has 2 N–H and O–H groups in total. The molecule has 2 amide bonds. The van der Waals surface area contributed by atoms with Gasteiger partial charge < -0.3 is 20.1 Å². The average Bonchev–Trinajstić information content (AvgIpc) is 2.85. The smallest absolute Gasteiger partial charge is 0.328 e. The molecular formula is C14H24N2O5S. The molecule has 1 fully saturated rings. The van der Waals surface area contributed by atoms with E-state index in [0.717, 1.165) is 0 Å². The molecule has 0 bridgehead atoms. The highest BCUT2D eigenvalue weighted by Crippen LogP contribution is 2.26. The second kappa shape index (κ2) is 7.82. The van der Waals surface area contributed by atoms with Crippen molar-refractivity contribution in [1.29, 1.82) is 0 Å². The second-order valence-corrected chi connectivity index (χ2v) is 7.47. The van der Waals surface area contributed by atoms with Gasteiger partial charge in [-0.25, -0.2) is 4.79 Å². The van der Waals surface area contributed by atoms with Gasteiger partial charge in [0, 0.05) is 19.3 Å². The van der Waals surface area contributed by atoms with Crippen molar-refractivity contribution in [3.05, 3.63) is 0 Å². The lowest BCUT2D eigenvalue weighted by Gasteiger charge is -2.27. The van der Waals surface area contributed by atoms with E-state index in [1.165, 1.54) is 23.8 Å². The standard InChI is InChI=1S/C14H24N2O5S/c1-14(2,3)5-11(17)16-8-22-7-10(16)12(18)15-9(6-21-4)13(19)20/h9-10H,5-8H2,1-4H3,(H,15,18)(H,19,20). The summed E-state index contributed by atoms with van der Waals surface area (Å²) in [6, 6.07) is -1.73. The highest BCUT2D eigenvalue weighted by molar-refractivity contribution is 7.99. The van der Waals surface area contributed by atoms with E-state index in [1.54, 1.807) is 0 Å². The first-order valence-electron chi connectivity index (χ1n) is 7.05. The first-order valence-corrected chi connectivity index (χ1v) is 8.20. The number of aliphatic carboxylic acids is 1. The zero-order chi connectivity index (χ0) is 16.9. The number of hydrogen-bond acceptors (Lipinski definition) is 5. The monoisotopic (exact) mass is 332 g/mol. The first-order chi connectivity index (χ1) is 10.2. The van der Waals surface area contributed by atoms with Crippen molar-refractivity contribution in [1.82, 2.24) is 10.2 Å². The molecule has 126 valence electrons. The summed E-state index contributed by atoms with van der Waals surface area (Å²) in [5, 5.41) is 11.5. The van der Waals surface area contributed by atoms with Gasteiger partial charge in [0.25, 0.3) is 0 Å². The largest absolute Gasteiger partial charge is 0.480 e. The minimum absolute atomic E-state index is 0.0868. The van der Waals surface area contributed by atoms with Crippen LogP contribution in [0.25, 0.3) is 0 Å². The van der Waals surface area contributed by atoms with Gasteiger partial charge in [0.2, 0.25) is 11.8 Å². The Morgan fingerprint density at radius 3 is 2.55 bits per heavy atom. The number of methoxy groups -OCH3 is 1. The Bertz CT molecular complexity index is 435. The molecule has 1 heterocycles. The van der Waals surface area contributed by atoms with Crippen LogP contribution < -0.4 is 5.32 Å². The Morgan fingerprint density at radius 2 is 2.05 bits per heavy atom. The van der Waals surface area contributed by atoms with Gasteiger partial charge >= 0.3 is 5.97 Å². The Labute approximate surface area is 134 Å². The molecule has 1 aliphatic rings. The van der Waals surface area contributed by atoms with Crippen LogP contribution >= 0.6 is 11.8 Å². The minimum Gasteiger partial charge on any atom is -0.480 e. The summed E-state index contributed by atoms with van der Waals surface area (Å²) in [5.41, 5.74) is -0.162. The van der Waals surface area contributed by atoms with Crippen LogP contribution in [0.1, 0.15) is 27.2 Å². The summed E-state index contributed by atoms with van der Waals surface area (Å²) in [5.74, 6) is -0.767. The molecule has 0 spiro atoms. The van der Waals surface area contributed by atoms with Crippen molar-refractivity contribution in [3.8, 4) is 0 Å². The second-order valence-electron chi connectivity index (χ2n) is 6.47. The molecule has 22 heavy (non-hydrogen) atoms. The lowest BCUT2D eigenvalue weighted by atomic mass is 9.91. The molecule has 1 rings (SSSR count). The van der Waals surface area contributed by atoms with Crippen LogP contribution in [0.5, 0.6) is 0 Å².